The summed E-state index contributed by atoms with van der Waals surface area (Å²) >= 11 is 0. The maximum atomic E-state index is 13.0. The lowest BCUT2D eigenvalue weighted by Crippen LogP contribution is -2.19. The van der Waals surface area contributed by atoms with Crippen molar-refractivity contribution in [3.8, 4) is 0 Å². The summed E-state index contributed by atoms with van der Waals surface area (Å²) in [5.74, 6) is 0.0878. The molecule has 3 aromatic rings. The van der Waals surface area contributed by atoms with E-state index in [4.69, 9.17) is 0 Å². The lowest BCUT2D eigenvalue weighted by molar-refractivity contribution is 0.0957. The molecule has 22 heavy (non-hydrogen) atoms. The van der Waals surface area contributed by atoms with Gasteiger partial charge in [0.05, 0.1) is 5.52 Å². The van der Waals surface area contributed by atoms with Gasteiger partial charge in [-0.2, -0.15) is 0 Å². The predicted octanol–water partition coefficient (Wildman–Crippen LogP) is 3.85. The molecule has 0 unspecified atom stereocenters. The van der Waals surface area contributed by atoms with Gasteiger partial charge in [-0.25, -0.2) is 0 Å². The molecule has 2 aromatic carbocycles. The minimum atomic E-state index is -0.0623. The number of hydrogen-bond acceptors (Lipinski definition) is 2. The summed E-state index contributed by atoms with van der Waals surface area (Å²) < 4.78 is 1.73. The van der Waals surface area contributed by atoms with Gasteiger partial charge in [-0.3, -0.25) is 14.2 Å². The van der Waals surface area contributed by atoms with Crippen molar-refractivity contribution in [2.45, 2.75) is 19.3 Å². The molecule has 1 aliphatic rings. The number of carbonyl (C=O) groups excluding carboxylic acids is 2. The molecule has 108 valence electrons. The van der Waals surface area contributed by atoms with Crippen LogP contribution in [0.2, 0.25) is 0 Å². The average molecular weight is 289 g/mol. The highest BCUT2D eigenvalue weighted by Crippen LogP contribution is 2.32. The van der Waals surface area contributed by atoms with Crippen molar-refractivity contribution in [3.63, 3.8) is 0 Å². The topological polar surface area (TPSA) is 39.1 Å². The fraction of sp³-hybridized carbons (Fsp3) is 0.158. The van der Waals surface area contributed by atoms with E-state index < -0.39 is 0 Å². The van der Waals surface area contributed by atoms with E-state index in [1.807, 2.05) is 54.6 Å². The van der Waals surface area contributed by atoms with Gasteiger partial charge in [-0.1, -0.05) is 36.4 Å². The molecule has 1 heterocycles. The van der Waals surface area contributed by atoms with Crippen LogP contribution in [0.1, 0.15) is 39.3 Å². The summed E-state index contributed by atoms with van der Waals surface area (Å²) in [5.41, 5.74) is 3.08. The van der Waals surface area contributed by atoms with Crippen LogP contribution in [0.3, 0.4) is 0 Å². The molecule has 1 aliphatic carbocycles. The van der Waals surface area contributed by atoms with E-state index in [1.54, 1.807) is 4.57 Å². The van der Waals surface area contributed by atoms with Gasteiger partial charge in [0.2, 0.25) is 0 Å². The number of para-hydroxylation sites is 1. The number of aromatic nitrogens is 1. The number of carbonyl (C=O) groups is 2. The van der Waals surface area contributed by atoms with Crippen LogP contribution in [0.4, 0.5) is 0 Å². The zero-order valence-electron chi connectivity index (χ0n) is 12.1. The largest absolute Gasteiger partial charge is 0.294 e. The van der Waals surface area contributed by atoms with Gasteiger partial charge in [0.15, 0.2) is 5.78 Å². The molecule has 0 N–H and O–H groups in total. The van der Waals surface area contributed by atoms with Crippen LogP contribution in [0, 0.1) is 0 Å². The average Bonchev–Trinajstić information content (AvgIpc) is 2.90. The van der Waals surface area contributed by atoms with Crippen LogP contribution < -0.4 is 0 Å². The number of hydrogen-bond donors (Lipinski definition) is 0. The van der Waals surface area contributed by atoms with Crippen molar-refractivity contribution in [1.29, 1.82) is 0 Å². The second-order valence-electron chi connectivity index (χ2n) is 5.62. The molecule has 0 atom stereocenters. The van der Waals surface area contributed by atoms with Crippen LogP contribution in [-0.4, -0.2) is 16.3 Å². The second kappa shape index (κ2) is 4.95. The van der Waals surface area contributed by atoms with Gasteiger partial charge in [0.25, 0.3) is 5.91 Å². The summed E-state index contributed by atoms with van der Waals surface area (Å²) in [6.45, 7) is 0. The maximum Gasteiger partial charge on any atom is 0.262 e. The Morgan fingerprint density at radius 2 is 1.64 bits per heavy atom. The lowest BCUT2D eigenvalue weighted by atomic mass is 9.94. The number of ketones is 1. The van der Waals surface area contributed by atoms with Crippen LogP contribution in [0.25, 0.3) is 10.9 Å². The second-order valence-corrected chi connectivity index (χ2v) is 5.62. The highest BCUT2D eigenvalue weighted by atomic mass is 16.2. The Hall–Kier alpha value is -2.68. The molecule has 0 bridgehead atoms. The standard InChI is InChI=1S/C19H15NO2/c21-17-12-6-11-16-18(17)14-9-4-5-10-15(14)20(16)19(22)13-7-2-1-3-8-13/h1-5,7-10H,6,11-12H2. The van der Waals surface area contributed by atoms with Crippen LogP contribution >= 0.6 is 0 Å². The summed E-state index contributed by atoms with van der Waals surface area (Å²) in [7, 11) is 0. The van der Waals surface area contributed by atoms with Crippen LogP contribution in [0.15, 0.2) is 54.6 Å². The van der Waals surface area contributed by atoms with E-state index in [2.05, 4.69) is 0 Å². The van der Waals surface area contributed by atoms with Gasteiger partial charge >= 0.3 is 0 Å². The first kappa shape index (κ1) is 13.0. The molecule has 3 heteroatoms. The van der Waals surface area contributed by atoms with Crippen molar-refractivity contribution in [2.24, 2.45) is 0 Å². The minimum absolute atomic E-state index is 0.0623. The molecule has 0 radical (unpaired) electrons. The Balaban J connectivity index is 2.02. The third kappa shape index (κ3) is 1.82. The Labute approximate surface area is 128 Å². The van der Waals surface area contributed by atoms with Crippen molar-refractivity contribution in [2.75, 3.05) is 0 Å². The number of fused-ring (bicyclic) bond motifs is 3. The zero-order chi connectivity index (χ0) is 15.1. The number of Topliss-reactive ketones (excluding diaryl/α,β-unsaturated/α-hetero) is 1. The van der Waals surface area contributed by atoms with Crippen molar-refractivity contribution in [3.05, 3.63) is 71.4 Å². The van der Waals surface area contributed by atoms with E-state index in [-0.39, 0.29) is 11.7 Å². The third-order valence-electron chi connectivity index (χ3n) is 4.29. The molecular formula is C19H15NO2. The predicted molar refractivity (Wildman–Crippen MR) is 85.4 cm³/mol. The quantitative estimate of drug-likeness (QED) is 0.682. The normalized spacial score (nSPS) is 14.1. The van der Waals surface area contributed by atoms with Crippen molar-refractivity contribution in [1.82, 2.24) is 4.57 Å². The van der Waals surface area contributed by atoms with Crippen LogP contribution in [0.5, 0.6) is 0 Å². The maximum absolute atomic E-state index is 13.0. The molecule has 0 saturated carbocycles. The van der Waals surface area contributed by atoms with Crippen molar-refractivity contribution >= 4 is 22.6 Å². The van der Waals surface area contributed by atoms with E-state index >= 15 is 0 Å². The minimum Gasteiger partial charge on any atom is -0.294 e. The van der Waals surface area contributed by atoms with Gasteiger partial charge in [0.1, 0.15) is 0 Å². The Bertz CT molecular complexity index is 890. The van der Waals surface area contributed by atoms with Crippen LogP contribution in [-0.2, 0) is 6.42 Å². The van der Waals surface area contributed by atoms with E-state index in [0.29, 0.717) is 12.0 Å². The highest BCUT2D eigenvalue weighted by Gasteiger charge is 2.28. The smallest absolute Gasteiger partial charge is 0.262 e. The summed E-state index contributed by atoms with van der Waals surface area (Å²) in [4.78, 5) is 25.3. The van der Waals surface area contributed by atoms with E-state index in [9.17, 15) is 9.59 Å². The summed E-state index contributed by atoms with van der Waals surface area (Å²) in [6.07, 6.45) is 2.15. The first-order chi connectivity index (χ1) is 10.8. The molecule has 3 nitrogen and oxygen atoms in total. The summed E-state index contributed by atoms with van der Waals surface area (Å²) in [5, 5.41) is 0.895. The van der Waals surface area contributed by atoms with E-state index in [1.165, 1.54) is 0 Å². The Morgan fingerprint density at radius 3 is 2.45 bits per heavy atom. The molecule has 0 aliphatic heterocycles. The lowest BCUT2D eigenvalue weighted by Gasteiger charge is -2.14. The zero-order valence-corrected chi connectivity index (χ0v) is 12.1. The number of benzene rings is 2. The molecule has 0 spiro atoms. The van der Waals surface area contributed by atoms with Gasteiger partial charge in [0, 0.05) is 28.6 Å². The monoisotopic (exact) mass is 289 g/mol. The third-order valence-corrected chi connectivity index (χ3v) is 4.29. The molecule has 0 amide bonds. The fourth-order valence-corrected chi connectivity index (χ4v) is 3.32. The molecular weight excluding hydrogens is 274 g/mol. The van der Waals surface area contributed by atoms with Gasteiger partial charge in [-0.15, -0.1) is 0 Å². The van der Waals surface area contributed by atoms with Gasteiger partial charge < -0.3 is 0 Å². The Kier molecular flexibility index (Phi) is 2.93. The first-order valence-electron chi connectivity index (χ1n) is 7.52. The first-order valence-corrected chi connectivity index (χ1v) is 7.52. The fourth-order valence-electron chi connectivity index (χ4n) is 3.32. The molecule has 1 aromatic heterocycles. The van der Waals surface area contributed by atoms with Crippen molar-refractivity contribution < 1.29 is 9.59 Å². The molecule has 0 fully saturated rings. The molecule has 0 saturated heterocycles. The van der Waals surface area contributed by atoms with Gasteiger partial charge in [-0.05, 0) is 31.0 Å². The summed E-state index contributed by atoms with van der Waals surface area (Å²) in [6, 6.07) is 16.9. The SMILES string of the molecule is O=C1CCCc2c1c1ccccc1n2C(=O)c1ccccc1. The van der Waals surface area contributed by atoms with E-state index in [0.717, 1.165) is 35.0 Å². The highest BCUT2D eigenvalue weighted by molar-refractivity contribution is 6.14. The number of rotatable bonds is 1. The Morgan fingerprint density at radius 1 is 0.909 bits per heavy atom. The molecule has 4 rings (SSSR count). The number of nitrogens with zero attached hydrogens (tertiary/aromatic N) is 1.